The molecule has 1 aromatic rings. The van der Waals surface area contributed by atoms with Crippen LogP contribution in [0.25, 0.3) is 0 Å². The molecule has 0 amide bonds. The second kappa shape index (κ2) is 6.37. The van der Waals surface area contributed by atoms with Crippen LogP contribution in [0.5, 0.6) is 11.5 Å². The smallest absolute Gasteiger partial charge is 0.303 e. The number of methoxy groups -OCH3 is 2. The van der Waals surface area contributed by atoms with E-state index in [2.05, 4.69) is 13.8 Å². The van der Waals surface area contributed by atoms with Crippen LogP contribution in [0.3, 0.4) is 0 Å². The van der Waals surface area contributed by atoms with Crippen molar-refractivity contribution in [3.05, 3.63) is 23.3 Å². The van der Waals surface area contributed by atoms with E-state index in [4.69, 9.17) is 9.47 Å². The molecule has 0 aromatic heterocycles. The van der Waals surface area contributed by atoms with Crippen LogP contribution in [0.2, 0.25) is 0 Å². The van der Waals surface area contributed by atoms with Gasteiger partial charge in [-0.15, -0.1) is 0 Å². The molecular weight excluding hydrogens is 268 g/mol. The molecular formula is C17H24O4. The lowest BCUT2D eigenvalue weighted by atomic mass is 9.83. The van der Waals surface area contributed by atoms with Crippen molar-refractivity contribution in [2.45, 2.75) is 44.9 Å². The van der Waals surface area contributed by atoms with Crippen LogP contribution in [-0.2, 0) is 4.79 Å². The summed E-state index contributed by atoms with van der Waals surface area (Å²) < 4.78 is 11.0. The topological polar surface area (TPSA) is 55.8 Å². The third-order valence-electron chi connectivity index (χ3n) is 4.20. The van der Waals surface area contributed by atoms with Gasteiger partial charge in [-0.3, -0.25) is 4.79 Å². The van der Waals surface area contributed by atoms with Gasteiger partial charge in [0.2, 0.25) is 0 Å². The van der Waals surface area contributed by atoms with Crippen molar-refractivity contribution < 1.29 is 19.4 Å². The van der Waals surface area contributed by atoms with Crippen molar-refractivity contribution in [3.8, 4) is 11.5 Å². The number of hydrogen-bond donors (Lipinski definition) is 1. The number of carboxylic acids is 1. The Morgan fingerprint density at radius 2 is 1.95 bits per heavy atom. The second-order valence-electron chi connectivity index (χ2n) is 6.00. The summed E-state index contributed by atoms with van der Waals surface area (Å²) in [6, 6.07) is 3.95. The van der Waals surface area contributed by atoms with E-state index >= 15 is 0 Å². The highest BCUT2D eigenvalue weighted by Gasteiger charge is 2.37. The molecule has 0 heterocycles. The molecule has 4 nitrogen and oxygen atoms in total. The molecule has 4 heteroatoms. The van der Waals surface area contributed by atoms with E-state index in [9.17, 15) is 9.90 Å². The predicted octanol–water partition coefficient (Wildman–Crippen LogP) is 3.80. The van der Waals surface area contributed by atoms with Crippen LogP contribution >= 0.6 is 0 Å². The average Bonchev–Trinajstić information content (AvgIpc) is 3.27. The molecule has 0 saturated heterocycles. The van der Waals surface area contributed by atoms with Crippen molar-refractivity contribution >= 4 is 5.97 Å². The summed E-state index contributed by atoms with van der Waals surface area (Å²) in [5, 5.41) is 9.27. The van der Waals surface area contributed by atoms with Crippen LogP contribution in [0.4, 0.5) is 0 Å². The standard InChI is InChI=1S/C17H24O4/c1-10(2)12-7-8-14(20-3)17(21-4)16(12)13(9-15(18)19)11-5-6-11/h7-8,10-11,13H,5-6,9H2,1-4H3,(H,18,19). The van der Waals surface area contributed by atoms with E-state index in [1.165, 1.54) is 0 Å². The minimum atomic E-state index is -0.758. The number of ether oxygens (including phenoxy) is 2. The van der Waals surface area contributed by atoms with Gasteiger partial charge in [-0.1, -0.05) is 19.9 Å². The first-order valence-corrected chi connectivity index (χ1v) is 7.46. The molecule has 1 aliphatic carbocycles. The number of aliphatic carboxylic acids is 1. The molecule has 1 atom stereocenters. The second-order valence-corrected chi connectivity index (χ2v) is 6.00. The van der Waals surface area contributed by atoms with E-state index in [-0.39, 0.29) is 12.3 Å². The fraction of sp³-hybridized carbons (Fsp3) is 0.588. The lowest BCUT2D eigenvalue weighted by Gasteiger charge is -2.25. The summed E-state index contributed by atoms with van der Waals surface area (Å²) in [6.07, 6.45) is 2.33. The number of benzene rings is 1. The summed E-state index contributed by atoms with van der Waals surface area (Å²) in [5.41, 5.74) is 2.18. The van der Waals surface area contributed by atoms with Gasteiger partial charge in [-0.2, -0.15) is 0 Å². The normalized spacial score (nSPS) is 15.9. The SMILES string of the molecule is COc1ccc(C(C)C)c(C(CC(=O)O)C2CC2)c1OC. The highest BCUT2D eigenvalue weighted by molar-refractivity contribution is 5.69. The maximum Gasteiger partial charge on any atom is 0.303 e. The molecule has 1 saturated carbocycles. The van der Waals surface area contributed by atoms with Crippen molar-refractivity contribution in [2.75, 3.05) is 14.2 Å². The van der Waals surface area contributed by atoms with Crippen LogP contribution in [0.15, 0.2) is 12.1 Å². The Hall–Kier alpha value is -1.71. The molecule has 1 N–H and O–H groups in total. The minimum absolute atomic E-state index is 0.00458. The third-order valence-corrected chi connectivity index (χ3v) is 4.20. The Balaban J connectivity index is 2.57. The fourth-order valence-electron chi connectivity index (χ4n) is 3.04. The monoisotopic (exact) mass is 292 g/mol. The Bertz CT molecular complexity index is 518. The number of carbonyl (C=O) groups is 1. The van der Waals surface area contributed by atoms with Gasteiger partial charge in [0.25, 0.3) is 0 Å². The van der Waals surface area contributed by atoms with E-state index in [1.807, 2.05) is 12.1 Å². The minimum Gasteiger partial charge on any atom is -0.493 e. The quantitative estimate of drug-likeness (QED) is 0.830. The van der Waals surface area contributed by atoms with Crippen LogP contribution < -0.4 is 9.47 Å². The fourth-order valence-corrected chi connectivity index (χ4v) is 3.04. The molecule has 1 aromatic carbocycles. The Labute approximate surface area is 126 Å². The van der Waals surface area contributed by atoms with Gasteiger partial charge >= 0.3 is 5.97 Å². The first kappa shape index (κ1) is 15.7. The van der Waals surface area contributed by atoms with Gasteiger partial charge in [-0.25, -0.2) is 0 Å². The number of hydrogen-bond acceptors (Lipinski definition) is 3. The van der Waals surface area contributed by atoms with Gasteiger partial charge in [-0.05, 0) is 36.3 Å². The number of rotatable bonds is 7. The van der Waals surface area contributed by atoms with Crippen molar-refractivity contribution in [3.63, 3.8) is 0 Å². The maximum atomic E-state index is 11.3. The first-order valence-electron chi connectivity index (χ1n) is 7.46. The van der Waals surface area contributed by atoms with Gasteiger partial charge in [0.05, 0.1) is 20.6 Å². The molecule has 0 spiro atoms. The van der Waals surface area contributed by atoms with E-state index < -0.39 is 5.97 Å². The maximum absolute atomic E-state index is 11.3. The van der Waals surface area contributed by atoms with E-state index in [0.29, 0.717) is 23.3 Å². The van der Waals surface area contributed by atoms with Crippen molar-refractivity contribution in [2.24, 2.45) is 5.92 Å². The highest BCUT2D eigenvalue weighted by Crippen LogP contribution is 2.51. The van der Waals surface area contributed by atoms with Crippen LogP contribution in [0.1, 0.15) is 56.1 Å². The summed E-state index contributed by atoms with van der Waals surface area (Å²) >= 11 is 0. The average molecular weight is 292 g/mol. The number of carboxylic acid groups (broad SMARTS) is 1. The molecule has 1 fully saturated rings. The molecule has 0 bridgehead atoms. The van der Waals surface area contributed by atoms with Crippen molar-refractivity contribution in [1.82, 2.24) is 0 Å². The lowest BCUT2D eigenvalue weighted by Crippen LogP contribution is -2.13. The molecule has 1 aliphatic rings. The zero-order valence-electron chi connectivity index (χ0n) is 13.2. The third kappa shape index (κ3) is 3.31. The zero-order chi connectivity index (χ0) is 15.6. The predicted molar refractivity (Wildman–Crippen MR) is 81.4 cm³/mol. The van der Waals surface area contributed by atoms with Gasteiger partial charge < -0.3 is 14.6 Å². The molecule has 21 heavy (non-hydrogen) atoms. The Morgan fingerprint density at radius 3 is 2.38 bits per heavy atom. The van der Waals surface area contributed by atoms with Gasteiger partial charge in [0.15, 0.2) is 11.5 Å². The zero-order valence-corrected chi connectivity index (χ0v) is 13.2. The van der Waals surface area contributed by atoms with Crippen molar-refractivity contribution in [1.29, 1.82) is 0 Å². The van der Waals surface area contributed by atoms with Crippen LogP contribution in [-0.4, -0.2) is 25.3 Å². The largest absolute Gasteiger partial charge is 0.493 e. The summed E-state index contributed by atoms with van der Waals surface area (Å²) in [5.74, 6) is 1.38. The lowest BCUT2D eigenvalue weighted by molar-refractivity contribution is -0.137. The highest BCUT2D eigenvalue weighted by atomic mass is 16.5. The summed E-state index contributed by atoms with van der Waals surface area (Å²) in [4.78, 5) is 11.3. The first-order chi connectivity index (χ1) is 9.99. The van der Waals surface area contributed by atoms with Gasteiger partial charge in [0.1, 0.15) is 0 Å². The van der Waals surface area contributed by atoms with Gasteiger partial charge in [0, 0.05) is 11.5 Å². The molecule has 1 unspecified atom stereocenters. The molecule has 0 aliphatic heterocycles. The molecule has 0 radical (unpaired) electrons. The van der Waals surface area contributed by atoms with E-state index in [0.717, 1.165) is 24.0 Å². The molecule has 116 valence electrons. The molecule has 2 rings (SSSR count). The Morgan fingerprint density at radius 1 is 1.29 bits per heavy atom. The Kier molecular flexibility index (Phi) is 4.76. The summed E-state index contributed by atoms with van der Waals surface area (Å²) in [7, 11) is 3.23. The van der Waals surface area contributed by atoms with E-state index in [1.54, 1.807) is 14.2 Å². The van der Waals surface area contributed by atoms with Crippen LogP contribution in [0, 0.1) is 5.92 Å². The summed E-state index contributed by atoms with van der Waals surface area (Å²) in [6.45, 7) is 4.24.